The highest BCUT2D eigenvalue weighted by molar-refractivity contribution is 4.70. The Morgan fingerprint density at radius 3 is 2.12 bits per heavy atom. The van der Waals surface area contributed by atoms with Crippen molar-refractivity contribution < 1.29 is 19.7 Å². The lowest BCUT2D eigenvalue weighted by molar-refractivity contribution is -0.206. The van der Waals surface area contributed by atoms with Crippen LogP contribution in [-0.4, -0.2) is 41.9 Å². The van der Waals surface area contributed by atoms with Gasteiger partial charge < -0.3 is 19.7 Å². The lowest BCUT2D eigenvalue weighted by atomic mass is 10.1. The summed E-state index contributed by atoms with van der Waals surface area (Å²) in [5.41, 5.74) is 0. The molecule has 0 aromatic carbocycles. The van der Waals surface area contributed by atoms with Crippen LogP contribution in [0, 0.1) is 0 Å². The molecule has 0 fully saturated rings. The Hall–Kier alpha value is -0.160. The normalized spacial score (nSPS) is 17.1. The van der Waals surface area contributed by atoms with E-state index in [4.69, 9.17) is 9.47 Å². The van der Waals surface area contributed by atoms with Gasteiger partial charge in [-0.15, -0.1) is 0 Å². The van der Waals surface area contributed by atoms with Crippen LogP contribution < -0.4 is 0 Å². The van der Waals surface area contributed by atoms with Gasteiger partial charge in [0, 0.05) is 13.2 Å². The molecular formula is C12H26O4. The van der Waals surface area contributed by atoms with Gasteiger partial charge in [0.05, 0.1) is 6.10 Å². The first kappa shape index (κ1) is 15.8. The minimum absolute atomic E-state index is 0.477. The highest BCUT2D eigenvalue weighted by Crippen LogP contribution is 2.11. The van der Waals surface area contributed by atoms with Crippen LogP contribution >= 0.6 is 0 Å². The van der Waals surface area contributed by atoms with Crippen LogP contribution in [0.1, 0.15) is 46.5 Å². The van der Waals surface area contributed by atoms with E-state index >= 15 is 0 Å². The molecule has 0 aromatic rings. The summed E-state index contributed by atoms with van der Waals surface area (Å²) in [5, 5.41) is 19.5. The van der Waals surface area contributed by atoms with Crippen LogP contribution in [0.15, 0.2) is 0 Å². The van der Waals surface area contributed by atoms with E-state index < -0.39 is 18.5 Å². The van der Waals surface area contributed by atoms with Crippen molar-refractivity contribution in [3.05, 3.63) is 0 Å². The Bertz CT molecular complexity index is 152. The van der Waals surface area contributed by atoms with Crippen molar-refractivity contribution in [3.63, 3.8) is 0 Å². The molecule has 3 unspecified atom stereocenters. The van der Waals surface area contributed by atoms with Crippen molar-refractivity contribution in [1.82, 2.24) is 0 Å². The Balaban J connectivity index is 4.06. The lowest BCUT2D eigenvalue weighted by Gasteiger charge is -2.27. The van der Waals surface area contributed by atoms with E-state index in [2.05, 4.69) is 6.92 Å². The molecule has 0 aliphatic carbocycles. The first-order chi connectivity index (χ1) is 7.67. The molecule has 0 bridgehead atoms. The van der Waals surface area contributed by atoms with Crippen molar-refractivity contribution in [2.24, 2.45) is 0 Å². The number of unbranched alkanes of at least 4 members (excludes halogenated alkanes) is 1. The van der Waals surface area contributed by atoms with Gasteiger partial charge in [0.2, 0.25) is 0 Å². The maximum absolute atomic E-state index is 9.73. The van der Waals surface area contributed by atoms with E-state index in [0.29, 0.717) is 19.6 Å². The summed E-state index contributed by atoms with van der Waals surface area (Å²) in [6, 6.07) is 0. The molecule has 0 rings (SSSR count). The van der Waals surface area contributed by atoms with Gasteiger partial charge in [0.25, 0.3) is 0 Å². The van der Waals surface area contributed by atoms with Crippen LogP contribution in [0.3, 0.4) is 0 Å². The van der Waals surface area contributed by atoms with Crippen molar-refractivity contribution in [2.75, 3.05) is 13.2 Å². The predicted octanol–water partition coefficient (Wildman–Crippen LogP) is 1.69. The average Bonchev–Trinajstić information content (AvgIpc) is 2.30. The van der Waals surface area contributed by atoms with Gasteiger partial charge in [-0.25, -0.2) is 0 Å². The monoisotopic (exact) mass is 234 g/mol. The lowest BCUT2D eigenvalue weighted by Crippen LogP contribution is -2.41. The van der Waals surface area contributed by atoms with Gasteiger partial charge in [-0.1, -0.05) is 27.2 Å². The van der Waals surface area contributed by atoms with Crippen molar-refractivity contribution >= 4 is 0 Å². The summed E-state index contributed by atoms with van der Waals surface area (Å²) in [6.45, 7) is 6.91. The molecule has 0 aliphatic rings. The molecule has 0 radical (unpaired) electrons. The number of hydrogen-bond acceptors (Lipinski definition) is 4. The molecule has 0 saturated carbocycles. The van der Waals surface area contributed by atoms with Crippen LogP contribution in [0.25, 0.3) is 0 Å². The molecule has 3 atom stereocenters. The van der Waals surface area contributed by atoms with Gasteiger partial charge in [0.1, 0.15) is 6.10 Å². The predicted molar refractivity (Wildman–Crippen MR) is 63.2 cm³/mol. The summed E-state index contributed by atoms with van der Waals surface area (Å²) in [7, 11) is 0. The molecule has 0 heterocycles. The van der Waals surface area contributed by atoms with Gasteiger partial charge in [-0.3, -0.25) is 0 Å². The maximum Gasteiger partial charge on any atom is 0.183 e. The number of aliphatic hydroxyl groups is 2. The first-order valence-corrected chi connectivity index (χ1v) is 6.26. The van der Waals surface area contributed by atoms with Crippen LogP contribution in [0.2, 0.25) is 0 Å². The van der Waals surface area contributed by atoms with Gasteiger partial charge in [-0.05, 0) is 19.3 Å². The molecule has 0 aromatic heterocycles. The molecule has 0 spiro atoms. The van der Waals surface area contributed by atoms with Crippen LogP contribution in [-0.2, 0) is 9.47 Å². The molecule has 2 N–H and O–H groups in total. The second-order valence-corrected chi connectivity index (χ2v) is 3.93. The smallest absolute Gasteiger partial charge is 0.183 e. The summed E-state index contributed by atoms with van der Waals surface area (Å²) < 4.78 is 10.6. The Morgan fingerprint density at radius 1 is 0.938 bits per heavy atom. The summed E-state index contributed by atoms with van der Waals surface area (Å²) in [6.07, 6.45) is 0.983. The zero-order valence-corrected chi connectivity index (χ0v) is 10.7. The summed E-state index contributed by atoms with van der Waals surface area (Å²) >= 11 is 0. The molecule has 0 saturated heterocycles. The van der Waals surface area contributed by atoms with Crippen LogP contribution in [0.5, 0.6) is 0 Å². The second kappa shape index (κ2) is 10.0. The minimum atomic E-state index is -1.04. The highest BCUT2D eigenvalue weighted by atomic mass is 16.6. The highest BCUT2D eigenvalue weighted by Gasteiger charge is 2.27. The first-order valence-electron chi connectivity index (χ1n) is 6.26. The molecule has 16 heavy (non-hydrogen) atoms. The number of ether oxygens (including phenoxy) is 2. The maximum atomic E-state index is 9.73. The van der Waals surface area contributed by atoms with E-state index in [-0.39, 0.29) is 0 Å². The van der Waals surface area contributed by atoms with Crippen molar-refractivity contribution in [3.8, 4) is 0 Å². The largest absolute Gasteiger partial charge is 0.390 e. The molecule has 4 heteroatoms. The Kier molecular flexibility index (Phi) is 9.92. The molecule has 98 valence electrons. The van der Waals surface area contributed by atoms with Crippen molar-refractivity contribution in [1.29, 1.82) is 0 Å². The molecular weight excluding hydrogens is 208 g/mol. The van der Waals surface area contributed by atoms with E-state index in [1.165, 1.54) is 0 Å². The Labute approximate surface area is 98.6 Å². The second-order valence-electron chi connectivity index (χ2n) is 3.93. The SMILES string of the molecule is CCCCOC(C(O)CC)C(O)OCCC. The van der Waals surface area contributed by atoms with E-state index in [9.17, 15) is 10.2 Å². The minimum Gasteiger partial charge on any atom is -0.390 e. The summed E-state index contributed by atoms with van der Waals surface area (Å²) in [4.78, 5) is 0. The van der Waals surface area contributed by atoms with E-state index in [0.717, 1.165) is 19.3 Å². The molecule has 0 amide bonds. The van der Waals surface area contributed by atoms with E-state index in [1.54, 1.807) is 0 Å². The molecule has 4 nitrogen and oxygen atoms in total. The van der Waals surface area contributed by atoms with Gasteiger partial charge in [0.15, 0.2) is 6.29 Å². The fourth-order valence-electron chi connectivity index (χ4n) is 1.31. The fourth-order valence-corrected chi connectivity index (χ4v) is 1.31. The number of rotatable bonds is 10. The molecule has 0 aliphatic heterocycles. The van der Waals surface area contributed by atoms with Gasteiger partial charge >= 0.3 is 0 Å². The zero-order valence-electron chi connectivity index (χ0n) is 10.7. The van der Waals surface area contributed by atoms with E-state index in [1.807, 2.05) is 13.8 Å². The quantitative estimate of drug-likeness (QED) is 0.446. The Morgan fingerprint density at radius 2 is 1.62 bits per heavy atom. The number of hydrogen-bond donors (Lipinski definition) is 2. The third-order valence-corrected chi connectivity index (χ3v) is 2.38. The summed E-state index contributed by atoms with van der Waals surface area (Å²) in [5.74, 6) is 0. The van der Waals surface area contributed by atoms with Gasteiger partial charge in [-0.2, -0.15) is 0 Å². The topological polar surface area (TPSA) is 58.9 Å². The standard InChI is InChI=1S/C12H26O4/c1-4-7-9-15-11(10(13)6-3)12(14)16-8-5-2/h10-14H,4-9H2,1-3H3. The third kappa shape index (κ3) is 6.43. The third-order valence-electron chi connectivity index (χ3n) is 2.38. The average molecular weight is 234 g/mol. The zero-order chi connectivity index (χ0) is 12.4. The van der Waals surface area contributed by atoms with Crippen molar-refractivity contribution in [2.45, 2.75) is 65.0 Å². The fraction of sp³-hybridized carbons (Fsp3) is 1.00. The van der Waals surface area contributed by atoms with Crippen LogP contribution in [0.4, 0.5) is 0 Å². The number of aliphatic hydroxyl groups excluding tert-OH is 2.